The van der Waals surface area contributed by atoms with Crippen LogP contribution in [0, 0.1) is 0 Å². The summed E-state index contributed by atoms with van der Waals surface area (Å²) in [6.07, 6.45) is -1.28. The van der Waals surface area contributed by atoms with Crippen LogP contribution >= 0.6 is 0 Å². The molecule has 1 aromatic rings. The second-order valence-electron chi connectivity index (χ2n) is 3.76. The molecule has 1 fully saturated rings. The molecule has 0 bridgehead atoms. The summed E-state index contributed by atoms with van der Waals surface area (Å²) in [7, 11) is 0. The van der Waals surface area contributed by atoms with Crippen molar-refractivity contribution in [3.8, 4) is 0 Å². The highest BCUT2D eigenvalue weighted by Crippen LogP contribution is 2.27. The first-order valence-corrected chi connectivity index (χ1v) is 4.86. The van der Waals surface area contributed by atoms with E-state index >= 15 is 0 Å². The van der Waals surface area contributed by atoms with Gasteiger partial charge in [0, 0.05) is 19.1 Å². The zero-order chi connectivity index (χ0) is 11.8. The van der Waals surface area contributed by atoms with E-state index in [9.17, 15) is 13.2 Å². The van der Waals surface area contributed by atoms with Crippen LogP contribution < -0.4 is 10.6 Å². The number of hydrogen-bond acceptors (Lipinski definition) is 4. The highest BCUT2D eigenvalue weighted by molar-refractivity contribution is 5.43. The van der Waals surface area contributed by atoms with Gasteiger partial charge in [-0.3, -0.25) is 0 Å². The third kappa shape index (κ3) is 2.24. The molecule has 0 aromatic carbocycles. The minimum Gasteiger partial charge on any atom is -0.367 e. The van der Waals surface area contributed by atoms with Crippen LogP contribution in [-0.2, 0) is 6.18 Å². The van der Waals surface area contributed by atoms with Crippen LogP contribution in [0.3, 0.4) is 0 Å². The summed E-state index contributed by atoms with van der Waals surface area (Å²) in [5.41, 5.74) is 6.28. The van der Waals surface area contributed by atoms with Gasteiger partial charge in [0.05, 0.1) is 18.1 Å². The van der Waals surface area contributed by atoms with Crippen molar-refractivity contribution >= 4 is 5.69 Å². The lowest BCUT2D eigenvalue weighted by Gasteiger charge is -2.17. The Hall–Kier alpha value is -1.37. The molecule has 1 atom stereocenters. The molecule has 7 heteroatoms. The molecule has 0 radical (unpaired) electrons. The van der Waals surface area contributed by atoms with Gasteiger partial charge in [-0.15, -0.1) is 0 Å². The van der Waals surface area contributed by atoms with E-state index in [-0.39, 0.29) is 6.04 Å². The zero-order valence-electron chi connectivity index (χ0n) is 8.41. The summed E-state index contributed by atoms with van der Waals surface area (Å²) in [6.45, 7) is 1.37. The minimum atomic E-state index is -4.49. The summed E-state index contributed by atoms with van der Waals surface area (Å²) < 4.78 is 36.6. The first-order chi connectivity index (χ1) is 7.47. The Labute approximate surface area is 90.3 Å². The molecule has 1 aliphatic rings. The summed E-state index contributed by atoms with van der Waals surface area (Å²) in [6, 6.07) is 0.0716. The molecule has 16 heavy (non-hydrogen) atoms. The molecule has 2 heterocycles. The smallest absolute Gasteiger partial charge is 0.367 e. The fourth-order valence-corrected chi connectivity index (χ4v) is 1.65. The van der Waals surface area contributed by atoms with Crippen LogP contribution in [0.5, 0.6) is 0 Å². The molecule has 88 valence electrons. The van der Waals surface area contributed by atoms with Gasteiger partial charge < -0.3 is 10.6 Å². The van der Waals surface area contributed by atoms with Crippen LogP contribution in [0.1, 0.15) is 12.2 Å². The number of nitrogens with zero attached hydrogens (tertiary/aromatic N) is 3. The van der Waals surface area contributed by atoms with E-state index in [0.29, 0.717) is 12.2 Å². The predicted octanol–water partition coefficient (Wildman–Crippen LogP) is 1.03. The minimum absolute atomic E-state index is 0.0716. The summed E-state index contributed by atoms with van der Waals surface area (Å²) in [5.74, 6) is -1.11. The van der Waals surface area contributed by atoms with E-state index in [1.807, 2.05) is 4.90 Å². The van der Waals surface area contributed by atoms with Crippen molar-refractivity contribution in [2.75, 3.05) is 18.0 Å². The van der Waals surface area contributed by atoms with Crippen molar-refractivity contribution in [3.63, 3.8) is 0 Å². The van der Waals surface area contributed by atoms with Crippen molar-refractivity contribution in [1.82, 2.24) is 9.97 Å². The molecule has 0 spiro atoms. The van der Waals surface area contributed by atoms with E-state index in [4.69, 9.17) is 5.73 Å². The SMILES string of the molecule is NC1CCN(c2cnc(C(F)(F)F)nc2)C1. The standard InChI is InChI=1S/C9H11F3N4/c10-9(11,12)8-14-3-7(4-15-8)16-2-1-6(13)5-16/h3-4,6H,1-2,5,13H2. The molecule has 0 amide bonds. The zero-order valence-corrected chi connectivity index (χ0v) is 8.41. The van der Waals surface area contributed by atoms with Gasteiger partial charge >= 0.3 is 6.18 Å². The Morgan fingerprint density at radius 2 is 1.94 bits per heavy atom. The molecule has 1 aliphatic heterocycles. The van der Waals surface area contributed by atoms with Crippen LogP contribution in [0.2, 0.25) is 0 Å². The third-order valence-electron chi connectivity index (χ3n) is 2.48. The van der Waals surface area contributed by atoms with Crippen LogP contribution in [0.4, 0.5) is 18.9 Å². The largest absolute Gasteiger partial charge is 0.451 e. The number of anilines is 1. The van der Waals surface area contributed by atoms with Gasteiger partial charge in [-0.05, 0) is 6.42 Å². The second-order valence-corrected chi connectivity index (χ2v) is 3.76. The van der Waals surface area contributed by atoms with Crippen molar-refractivity contribution in [2.24, 2.45) is 5.73 Å². The molecule has 0 aliphatic carbocycles. The number of nitrogens with two attached hydrogens (primary N) is 1. The van der Waals surface area contributed by atoms with E-state index in [1.165, 1.54) is 12.4 Å². The number of halogens is 3. The van der Waals surface area contributed by atoms with Gasteiger partial charge in [-0.25, -0.2) is 9.97 Å². The molecular formula is C9H11F3N4. The molecule has 0 saturated carbocycles. The summed E-state index contributed by atoms with van der Waals surface area (Å²) in [4.78, 5) is 8.48. The third-order valence-corrected chi connectivity index (χ3v) is 2.48. The molecule has 1 unspecified atom stereocenters. The fourth-order valence-electron chi connectivity index (χ4n) is 1.65. The molecular weight excluding hydrogens is 221 g/mol. The van der Waals surface area contributed by atoms with Crippen molar-refractivity contribution < 1.29 is 13.2 Å². The van der Waals surface area contributed by atoms with Gasteiger partial charge in [0.2, 0.25) is 5.82 Å². The second kappa shape index (κ2) is 3.89. The number of aromatic nitrogens is 2. The Kier molecular flexibility index (Phi) is 2.71. The van der Waals surface area contributed by atoms with Crippen molar-refractivity contribution in [3.05, 3.63) is 18.2 Å². The number of alkyl halides is 3. The highest BCUT2D eigenvalue weighted by atomic mass is 19.4. The lowest BCUT2D eigenvalue weighted by Crippen LogP contribution is -2.26. The van der Waals surface area contributed by atoms with E-state index in [0.717, 1.165) is 13.0 Å². The first kappa shape index (κ1) is 11.1. The summed E-state index contributed by atoms with van der Waals surface area (Å²) in [5, 5.41) is 0. The Morgan fingerprint density at radius 3 is 2.38 bits per heavy atom. The molecule has 1 saturated heterocycles. The maximum absolute atomic E-state index is 12.2. The fraction of sp³-hybridized carbons (Fsp3) is 0.556. The first-order valence-electron chi connectivity index (χ1n) is 4.86. The van der Waals surface area contributed by atoms with Gasteiger partial charge in [0.15, 0.2) is 0 Å². The normalized spacial score (nSPS) is 21.5. The Bertz CT molecular complexity index is 362. The summed E-state index contributed by atoms with van der Waals surface area (Å²) >= 11 is 0. The molecule has 1 aromatic heterocycles. The monoisotopic (exact) mass is 232 g/mol. The lowest BCUT2D eigenvalue weighted by atomic mass is 10.3. The lowest BCUT2D eigenvalue weighted by molar-refractivity contribution is -0.144. The van der Waals surface area contributed by atoms with E-state index in [2.05, 4.69) is 9.97 Å². The Balaban J connectivity index is 2.14. The van der Waals surface area contributed by atoms with Gasteiger partial charge in [-0.1, -0.05) is 0 Å². The Morgan fingerprint density at radius 1 is 1.31 bits per heavy atom. The van der Waals surface area contributed by atoms with Crippen LogP contribution in [-0.4, -0.2) is 29.1 Å². The van der Waals surface area contributed by atoms with Gasteiger partial charge in [-0.2, -0.15) is 13.2 Å². The van der Waals surface area contributed by atoms with E-state index in [1.54, 1.807) is 0 Å². The van der Waals surface area contributed by atoms with E-state index < -0.39 is 12.0 Å². The quantitative estimate of drug-likeness (QED) is 0.785. The number of rotatable bonds is 1. The van der Waals surface area contributed by atoms with Crippen LogP contribution in [0.15, 0.2) is 12.4 Å². The number of hydrogen-bond donors (Lipinski definition) is 1. The molecule has 4 nitrogen and oxygen atoms in total. The average molecular weight is 232 g/mol. The van der Waals surface area contributed by atoms with Gasteiger partial charge in [0.25, 0.3) is 0 Å². The van der Waals surface area contributed by atoms with Crippen LogP contribution in [0.25, 0.3) is 0 Å². The van der Waals surface area contributed by atoms with Crippen molar-refractivity contribution in [2.45, 2.75) is 18.6 Å². The molecule has 2 N–H and O–H groups in total. The van der Waals surface area contributed by atoms with Gasteiger partial charge in [0.1, 0.15) is 0 Å². The predicted molar refractivity (Wildman–Crippen MR) is 51.8 cm³/mol. The average Bonchev–Trinajstić information content (AvgIpc) is 2.64. The topological polar surface area (TPSA) is 55.0 Å². The molecule has 2 rings (SSSR count). The van der Waals surface area contributed by atoms with Crippen molar-refractivity contribution in [1.29, 1.82) is 0 Å². The highest BCUT2D eigenvalue weighted by Gasteiger charge is 2.34. The maximum atomic E-state index is 12.2. The maximum Gasteiger partial charge on any atom is 0.451 e.